The van der Waals surface area contributed by atoms with E-state index in [9.17, 15) is 4.79 Å². The number of ether oxygens (including phenoxy) is 2. The molecule has 1 saturated heterocycles. The van der Waals surface area contributed by atoms with Gasteiger partial charge in [-0.1, -0.05) is 0 Å². The first-order chi connectivity index (χ1) is 10.7. The molecule has 0 spiro atoms. The second-order valence-electron chi connectivity index (χ2n) is 6.19. The maximum Gasteiger partial charge on any atom is 0.254 e. The van der Waals surface area contributed by atoms with Crippen molar-refractivity contribution in [3.63, 3.8) is 0 Å². The normalized spacial score (nSPS) is 22.1. The van der Waals surface area contributed by atoms with Gasteiger partial charge in [-0.3, -0.25) is 4.79 Å². The van der Waals surface area contributed by atoms with Gasteiger partial charge >= 0.3 is 0 Å². The Bertz CT molecular complexity index is 541. The van der Waals surface area contributed by atoms with Crippen LogP contribution in [0.2, 0.25) is 0 Å². The highest BCUT2D eigenvalue weighted by molar-refractivity contribution is 5.95. The van der Waals surface area contributed by atoms with Gasteiger partial charge in [0.05, 0.1) is 13.2 Å². The summed E-state index contributed by atoms with van der Waals surface area (Å²) < 4.78 is 11.4. The zero-order valence-corrected chi connectivity index (χ0v) is 13.1. The molecule has 1 amide bonds. The molecule has 1 saturated carbocycles. The van der Waals surface area contributed by atoms with Crippen molar-refractivity contribution in [3.8, 4) is 11.5 Å². The molecular weight excluding hydrogens is 280 g/mol. The fraction of sp³-hybridized carbons (Fsp3) is 0.588. The second kappa shape index (κ2) is 6.57. The minimum absolute atomic E-state index is 0.0127. The summed E-state index contributed by atoms with van der Waals surface area (Å²) in [4.78, 5) is 14.3. The smallest absolute Gasteiger partial charge is 0.254 e. The summed E-state index contributed by atoms with van der Waals surface area (Å²) in [6.45, 7) is 1.35. The lowest BCUT2D eigenvalue weighted by Crippen LogP contribution is -2.31. The Morgan fingerprint density at radius 2 is 2.00 bits per heavy atom. The van der Waals surface area contributed by atoms with Gasteiger partial charge in [-0.25, -0.2) is 0 Å². The van der Waals surface area contributed by atoms with Crippen LogP contribution < -0.4 is 15.2 Å². The number of nitrogens with two attached hydrogens (primary N) is 1. The third kappa shape index (κ3) is 3.19. The molecule has 3 rings (SSSR count). The SMILES string of the molecule is COc1cc(C(=O)N2CC[C@@H](N)C2)ccc1OC1CCCC1. The summed E-state index contributed by atoms with van der Waals surface area (Å²) in [6.07, 6.45) is 5.76. The largest absolute Gasteiger partial charge is 0.493 e. The predicted molar refractivity (Wildman–Crippen MR) is 84.4 cm³/mol. The van der Waals surface area contributed by atoms with E-state index >= 15 is 0 Å². The Morgan fingerprint density at radius 1 is 1.23 bits per heavy atom. The lowest BCUT2D eigenvalue weighted by atomic mass is 10.1. The first-order valence-corrected chi connectivity index (χ1v) is 8.07. The van der Waals surface area contributed by atoms with Crippen LogP contribution in [-0.4, -0.2) is 43.2 Å². The Labute approximate surface area is 131 Å². The molecule has 0 unspecified atom stereocenters. The van der Waals surface area contributed by atoms with E-state index in [1.807, 2.05) is 12.1 Å². The van der Waals surface area contributed by atoms with Gasteiger partial charge < -0.3 is 20.1 Å². The number of carbonyl (C=O) groups is 1. The van der Waals surface area contributed by atoms with Crippen molar-refractivity contribution < 1.29 is 14.3 Å². The van der Waals surface area contributed by atoms with E-state index in [2.05, 4.69) is 0 Å². The third-order valence-electron chi connectivity index (χ3n) is 4.52. The molecule has 1 heterocycles. The molecule has 5 nitrogen and oxygen atoms in total. The average Bonchev–Trinajstić information content (AvgIpc) is 3.18. The quantitative estimate of drug-likeness (QED) is 0.926. The topological polar surface area (TPSA) is 64.8 Å². The van der Waals surface area contributed by atoms with E-state index in [1.165, 1.54) is 12.8 Å². The van der Waals surface area contributed by atoms with Gasteiger partial charge in [-0.05, 0) is 50.3 Å². The molecule has 1 aliphatic carbocycles. The molecule has 0 bridgehead atoms. The van der Waals surface area contributed by atoms with Gasteiger partial charge in [0.2, 0.25) is 0 Å². The monoisotopic (exact) mass is 304 g/mol. The second-order valence-corrected chi connectivity index (χ2v) is 6.19. The highest BCUT2D eigenvalue weighted by atomic mass is 16.5. The van der Waals surface area contributed by atoms with Crippen LogP contribution >= 0.6 is 0 Å². The van der Waals surface area contributed by atoms with Crippen LogP contribution in [-0.2, 0) is 0 Å². The average molecular weight is 304 g/mol. The van der Waals surface area contributed by atoms with Crippen LogP contribution in [0.15, 0.2) is 18.2 Å². The fourth-order valence-corrected chi connectivity index (χ4v) is 3.24. The van der Waals surface area contributed by atoms with Gasteiger partial charge in [0.25, 0.3) is 5.91 Å². The Morgan fingerprint density at radius 3 is 2.64 bits per heavy atom. The lowest BCUT2D eigenvalue weighted by Gasteiger charge is -2.19. The van der Waals surface area contributed by atoms with Crippen LogP contribution in [0.25, 0.3) is 0 Å². The van der Waals surface area contributed by atoms with E-state index in [0.29, 0.717) is 17.9 Å². The molecule has 1 atom stereocenters. The van der Waals surface area contributed by atoms with E-state index in [1.54, 1.807) is 18.1 Å². The first-order valence-electron chi connectivity index (χ1n) is 8.07. The summed E-state index contributed by atoms with van der Waals surface area (Å²) in [6, 6.07) is 5.53. The molecule has 0 radical (unpaired) electrons. The van der Waals surface area contributed by atoms with Crippen molar-refractivity contribution >= 4 is 5.91 Å². The molecule has 1 aromatic carbocycles. The molecule has 1 aliphatic heterocycles. The molecule has 0 aromatic heterocycles. The molecule has 2 fully saturated rings. The molecule has 22 heavy (non-hydrogen) atoms. The summed E-state index contributed by atoms with van der Waals surface area (Å²) >= 11 is 0. The zero-order chi connectivity index (χ0) is 15.5. The third-order valence-corrected chi connectivity index (χ3v) is 4.52. The Hall–Kier alpha value is -1.75. The Kier molecular flexibility index (Phi) is 4.52. The van der Waals surface area contributed by atoms with Crippen molar-refractivity contribution in [2.75, 3.05) is 20.2 Å². The maximum atomic E-state index is 12.5. The van der Waals surface area contributed by atoms with E-state index in [4.69, 9.17) is 15.2 Å². The van der Waals surface area contributed by atoms with Crippen LogP contribution in [0.4, 0.5) is 0 Å². The van der Waals surface area contributed by atoms with Crippen LogP contribution in [0.1, 0.15) is 42.5 Å². The number of nitrogens with zero attached hydrogens (tertiary/aromatic N) is 1. The lowest BCUT2D eigenvalue weighted by molar-refractivity contribution is 0.0790. The van der Waals surface area contributed by atoms with Gasteiger partial charge in [0.1, 0.15) is 0 Å². The highest BCUT2D eigenvalue weighted by Crippen LogP contribution is 2.32. The fourth-order valence-electron chi connectivity index (χ4n) is 3.24. The number of rotatable bonds is 4. The zero-order valence-electron chi connectivity index (χ0n) is 13.1. The summed E-state index contributed by atoms with van der Waals surface area (Å²) in [7, 11) is 1.61. The number of amides is 1. The molecule has 1 aromatic rings. The molecule has 2 aliphatic rings. The molecule has 5 heteroatoms. The van der Waals surface area contributed by atoms with Crippen LogP contribution in [0, 0.1) is 0 Å². The van der Waals surface area contributed by atoms with Gasteiger partial charge in [-0.15, -0.1) is 0 Å². The van der Waals surface area contributed by atoms with Crippen molar-refractivity contribution in [1.82, 2.24) is 4.90 Å². The van der Waals surface area contributed by atoms with E-state index < -0.39 is 0 Å². The van der Waals surface area contributed by atoms with E-state index in [0.717, 1.165) is 31.6 Å². The van der Waals surface area contributed by atoms with Crippen molar-refractivity contribution in [3.05, 3.63) is 23.8 Å². The van der Waals surface area contributed by atoms with Crippen molar-refractivity contribution in [2.45, 2.75) is 44.2 Å². The summed E-state index contributed by atoms with van der Waals surface area (Å²) in [5, 5.41) is 0. The van der Waals surface area contributed by atoms with Crippen LogP contribution in [0.5, 0.6) is 11.5 Å². The summed E-state index contributed by atoms with van der Waals surface area (Å²) in [5.41, 5.74) is 6.50. The summed E-state index contributed by atoms with van der Waals surface area (Å²) in [5.74, 6) is 1.36. The minimum Gasteiger partial charge on any atom is -0.493 e. The number of hydrogen-bond donors (Lipinski definition) is 1. The number of benzene rings is 1. The Balaban J connectivity index is 1.74. The number of carbonyl (C=O) groups excluding carboxylic acids is 1. The van der Waals surface area contributed by atoms with Gasteiger partial charge in [0, 0.05) is 24.7 Å². The number of likely N-dealkylation sites (tertiary alicyclic amines) is 1. The van der Waals surface area contributed by atoms with Gasteiger partial charge in [-0.2, -0.15) is 0 Å². The standard InChI is InChI=1S/C17H24N2O3/c1-21-16-10-12(17(20)19-9-8-13(18)11-19)6-7-15(16)22-14-4-2-3-5-14/h6-7,10,13-14H,2-5,8-9,11,18H2,1H3/t13-/m1/s1. The highest BCUT2D eigenvalue weighted by Gasteiger charge is 2.25. The minimum atomic E-state index is 0.0127. The van der Waals surface area contributed by atoms with Crippen LogP contribution in [0.3, 0.4) is 0 Å². The number of hydrogen-bond acceptors (Lipinski definition) is 4. The molecule has 120 valence electrons. The van der Waals surface area contributed by atoms with Crippen molar-refractivity contribution in [2.24, 2.45) is 5.73 Å². The number of methoxy groups -OCH3 is 1. The van der Waals surface area contributed by atoms with E-state index in [-0.39, 0.29) is 18.1 Å². The van der Waals surface area contributed by atoms with Gasteiger partial charge in [0.15, 0.2) is 11.5 Å². The molecule has 2 N–H and O–H groups in total. The first kappa shape index (κ1) is 15.2. The molecular formula is C17H24N2O3. The predicted octanol–water partition coefficient (Wildman–Crippen LogP) is 2.19. The maximum absolute atomic E-state index is 12.5. The van der Waals surface area contributed by atoms with Crippen molar-refractivity contribution in [1.29, 1.82) is 0 Å².